The number of hydrogen-bond acceptors (Lipinski definition) is 2. The molecule has 88 valence electrons. The molecule has 0 radical (unpaired) electrons. The summed E-state index contributed by atoms with van der Waals surface area (Å²) in [5.41, 5.74) is 0. The Hall–Kier alpha value is -0.570. The summed E-state index contributed by atoms with van der Waals surface area (Å²) < 4.78 is 0. The molecule has 1 aliphatic rings. The van der Waals surface area contributed by atoms with Crippen LogP contribution in [0.15, 0.2) is 0 Å². The van der Waals surface area contributed by atoms with Gasteiger partial charge in [0.05, 0.1) is 0 Å². The summed E-state index contributed by atoms with van der Waals surface area (Å²) in [7, 11) is 0. The fourth-order valence-electron chi connectivity index (χ4n) is 2.36. The van der Waals surface area contributed by atoms with Crippen LogP contribution in [-0.4, -0.2) is 35.1 Å². The minimum atomic E-state index is -0.637. The molecule has 0 bridgehead atoms. The van der Waals surface area contributed by atoms with Gasteiger partial charge in [-0.2, -0.15) is 0 Å². The Labute approximate surface area is 92.5 Å². The largest absolute Gasteiger partial charge is 0.480 e. The van der Waals surface area contributed by atoms with Gasteiger partial charge in [0.2, 0.25) is 0 Å². The highest BCUT2D eigenvalue weighted by Crippen LogP contribution is 2.26. The molecule has 2 unspecified atom stereocenters. The van der Waals surface area contributed by atoms with Crippen molar-refractivity contribution in [2.45, 2.75) is 52.0 Å². The lowest BCUT2D eigenvalue weighted by molar-refractivity contribution is -0.142. The molecule has 0 amide bonds. The summed E-state index contributed by atoms with van der Waals surface area (Å²) in [6, 6.07) is -0.216. The second-order valence-electron chi connectivity index (χ2n) is 4.57. The lowest BCUT2D eigenvalue weighted by Gasteiger charge is -2.20. The maximum Gasteiger partial charge on any atom is 0.320 e. The predicted molar refractivity (Wildman–Crippen MR) is 60.9 cm³/mol. The molecule has 0 saturated carbocycles. The molecular formula is C12H23NO2. The molecule has 1 aliphatic heterocycles. The zero-order valence-electron chi connectivity index (χ0n) is 9.91. The van der Waals surface area contributed by atoms with E-state index in [9.17, 15) is 4.79 Å². The van der Waals surface area contributed by atoms with Gasteiger partial charge in [-0.25, -0.2) is 0 Å². The van der Waals surface area contributed by atoms with E-state index >= 15 is 0 Å². The highest BCUT2D eigenvalue weighted by molar-refractivity contribution is 5.73. The number of hydrogen-bond donors (Lipinski definition) is 1. The molecule has 1 rings (SSSR count). The molecule has 1 saturated heterocycles. The van der Waals surface area contributed by atoms with Crippen molar-refractivity contribution in [3.05, 3.63) is 0 Å². The van der Waals surface area contributed by atoms with E-state index in [1.54, 1.807) is 0 Å². The van der Waals surface area contributed by atoms with Crippen LogP contribution in [0.25, 0.3) is 0 Å². The van der Waals surface area contributed by atoms with Crippen molar-refractivity contribution >= 4 is 5.97 Å². The Morgan fingerprint density at radius 3 is 2.67 bits per heavy atom. The summed E-state index contributed by atoms with van der Waals surface area (Å²) in [6.45, 7) is 6.27. The second kappa shape index (κ2) is 6.11. The highest BCUT2D eigenvalue weighted by Gasteiger charge is 2.35. The van der Waals surface area contributed by atoms with E-state index in [1.165, 1.54) is 12.8 Å². The Bertz CT molecular complexity index is 206. The first-order valence-electron chi connectivity index (χ1n) is 6.15. The van der Waals surface area contributed by atoms with Crippen molar-refractivity contribution in [1.82, 2.24) is 4.90 Å². The van der Waals surface area contributed by atoms with E-state index in [0.717, 1.165) is 32.4 Å². The van der Waals surface area contributed by atoms with Gasteiger partial charge in [-0.1, -0.05) is 33.1 Å². The van der Waals surface area contributed by atoms with Gasteiger partial charge in [-0.05, 0) is 25.3 Å². The number of aliphatic carboxylic acids is 1. The van der Waals surface area contributed by atoms with Gasteiger partial charge in [0, 0.05) is 6.54 Å². The molecule has 1 fully saturated rings. The van der Waals surface area contributed by atoms with Crippen molar-refractivity contribution < 1.29 is 9.90 Å². The molecular weight excluding hydrogens is 190 g/mol. The molecule has 2 atom stereocenters. The Morgan fingerprint density at radius 1 is 1.40 bits per heavy atom. The molecule has 1 heterocycles. The predicted octanol–water partition coefficient (Wildman–Crippen LogP) is 2.36. The zero-order valence-corrected chi connectivity index (χ0v) is 9.91. The van der Waals surface area contributed by atoms with Crippen LogP contribution in [0.5, 0.6) is 0 Å². The lowest BCUT2D eigenvalue weighted by Crippen LogP contribution is -2.36. The fourth-order valence-corrected chi connectivity index (χ4v) is 2.36. The van der Waals surface area contributed by atoms with E-state index in [4.69, 9.17) is 5.11 Å². The van der Waals surface area contributed by atoms with Gasteiger partial charge < -0.3 is 5.11 Å². The van der Waals surface area contributed by atoms with Crippen molar-refractivity contribution in [3.63, 3.8) is 0 Å². The summed E-state index contributed by atoms with van der Waals surface area (Å²) in [5, 5.41) is 9.11. The van der Waals surface area contributed by atoms with Gasteiger partial charge in [0.15, 0.2) is 0 Å². The van der Waals surface area contributed by atoms with E-state index in [-0.39, 0.29) is 6.04 Å². The number of carboxylic acid groups (broad SMARTS) is 1. The summed E-state index contributed by atoms with van der Waals surface area (Å²) in [5.74, 6) is -0.0461. The molecule has 0 aliphatic carbocycles. The Morgan fingerprint density at radius 2 is 2.13 bits per heavy atom. The molecule has 3 nitrogen and oxygen atoms in total. The number of nitrogens with zero attached hydrogens (tertiary/aromatic N) is 1. The van der Waals surface area contributed by atoms with Crippen LogP contribution in [-0.2, 0) is 4.79 Å². The summed E-state index contributed by atoms with van der Waals surface area (Å²) in [4.78, 5) is 13.2. The van der Waals surface area contributed by atoms with E-state index in [0.29, 0.717) is 5.92 Å². The first-order chi connectivity index (χ1) is 7.19. The first kappa shape index (κ1) is 12.5. The minimum Gasteiger partial charge on any atom is -0.480 e. The molecule has 0 spiro atoms. The Kier molecular flexibility index (Phi) is 5.09. The minimum absolute atomic E-state index is 0.216. The quantitative estimate of drug-likeness (QED) is 0.689. The average molecular weight is 213 g/mol. The van der Waals surface area contributed by atoms with E-state index in [1.807, 2.05) is 0 Å². The molecule has 15 heavy (non-hydrogen) atoms. The average Bonchev–Trinajstić information content (AvgIpc) is 2.62. The zero-order chi connectivity index (χ0) is 11.3. The smallest absolute Gasteiger partial charge is 0.320 e. The maximum absolute atomic E-state index is 11.1. The van der Waals surface area contributed by atoms with Crippen LogP contribution >= 0.6 is 0 Å². The van der Waals surface area contributed by atoms with Crippen molar-refractivity contribution in [2.75, 3.05) is 13.1 Å². The number of unbranched alkanes of at least 4 members (excludes halogenated alkanes) is 2. The van der Waals surface area contributed by atoms with Crippen LogP contribution in [0.1, 0.15) is 46.0 Å². The summed E-state index contributed by atoms with van der Waals surface area (Å²) >= 11 is 0. The maximum atomic E-state index is 11.1. The van der Waals surface area contributed by atoms with E-state index in [2.05, 4.69) is 18.7 Å². The SMILES string of the molecule is CCCCCN1CC(CC)CC1C(=O)O. The summed E-state index contributed by atoms with van der Waals surface area (Å²) in [6.07, 6.45) is 5.49. The van der Waals surface area contributed by atoms with Crippen molar-refractivity contribution in [3.8, 4) is 0 Å². The van der Waals surface area contributed by atoms with Gasteiger partial charge >= 0.3 is 5.97 Å². The van der Waals surface area contributed by atoms with Crippen LogP contribution in [0.3, 0.4) is 0 Å². The van der Waals surface area contributed by atoms with Gasteiger partial charge in [-0.15, -0.1) is 0 Å². The topological polar surface area (TPSA) is 40.5 Å². The first-order valence-corrected chi connectivity index (χ1v) is 6.15. The van der Waals surface area contributed by atoms with Crippen molar-refractivity contribution in [2.24, 2.45) is 5.92 Å². The van der Waals surface area contributed by atoms with Gasteiger partial charge in [0.1, 0.15) is 6.04 Å². The van der Waals surface area contributed by atoms with Crippen LogP contribution in [0.2, 0.25) is 0 Å². The normalized spacial score (nSPS) is 27.1. The van der Waals surface area contributed by atoms with Crippen molar-refractivity contribution in [1.29, 1.82) is 0 Å². The number of rotatable bonds is 6. The van der Waals surface area contributed by atoms with Crippen LogP contribution in [0.4, 0.5) is 0 Å². The molecule has 3 heteroatoms. The highest BCUT2D eigenvalue weighted by atomic mass is 16.4. The molecule has 0 aromatic rings. The van der Waals surface area contributed by atoms with Crippen LogP contribution < -0.4 is 0 Å². The standard InChI is InChI=1S/C12H23NO2/c1-3-5-6-7-13-9-10(4-2)8-11(13)12(14)15/h10-11H,3-9H2,1-2H3,(H,14,15). The second-order valence-corrected chi connectivity index (χ2v) is 4.57. The van der Waals surface area contributed by atoms with Crippen LogP contribution in [0, 0.1) is 5.92 Å². The third-order valence-electron chi connectivity index (χ3n) is 3.40. The fraction of sp³-hybridized carbons (Fsp3) is 0.917. The molecule has 1 N–H and O–H groups in total. The third kappa shape index (κ3) is 3.49. The van der Waals surface area contributed by atoms with Gasteiger partial charge in [-0.3, -0.25) is 9.69 Å². The third-order valence-corrected chi connectivity index (χ3v) is 3.40. The molecule has 0 aromatic heterocycles. The van der Waals surface area contributed by atoms with E-state index < -0.39 is 5.97 Å². The molecule has 0 aromatic carbocycles. The lowest BCUT2D eigenvalue weighted by atomic mass is 10.0. The number of likely N-dealkylation sites (tertiary alicyclic amines) is 1. The number of carboxylic acids is 1. The monoisotopic (exact) mass is 213 g/mol. The van der Waals surface area contributed by atoms with Gasteiger partial charge in [0.25, 0.3) is 0 Å². The Balaban J connectivity index is 2.41. The number of carbonyl (C=O) groups is 1.